The van der Waals surface area contributed by atoms with Crippen molar-refractivity contribution in [3.63, 3.8) is 0 Å². The van der Waals surface area contributed by atoms with Gasteiger partial charge in [0.15, 0.2) is 0 Å². The summed E-state index contributed by atoms with van der Waals surface area (Å²) in [7, 11) is 0. The zero-order chi connectivity index (χ0) is 18.6. The molecule has 1 aromatic heterocycles. The van der Waals surface area contributed by atoms with Gasteiger partial charge in [-0.25, -0.2) is 0 Å². The third-order valence-corrected chi connectivity index (χ3v) is 5.79. The fourth-order valence-electron chi connectivity index (χ4n) is 4.39. The molecule has 0 unspecified atom stereocenters. The molecule has 0 radical (unpaired) electrons. The van der Waals surface area contributed by atoms with Crippen LogP contribution >= 0.6 is 0 Å². The summed E-state index contributed by atoms with van der Waals surface area (Å²) in [6.07, 6.45) is 5.43. The van der Waals surface area contributed by atoms with Gasteiger partial charge in [0.2, 0.25) is 5.91 Å². The lowest BCUT2D eigenvalue weighted by atomic mass is 9.94. The molecule has 0 saturated carbocycles. The summed E-state index contributed by atoms with van der Waals surface area (Å²) in [6, 6.07) is 13.5. The van der Waals surface area contributed by atoms with Crippen molar-refractivity contribution < 1.29 is 9.90 Å². The SMILES string of the molecule is O=C(CCc1ccc(O)cc1)N1C[C@H]2CC[C@@H]1CN(Cc1ccccn1)C2. The largest absolute Gasteiger partial charge is 0.508 e. The summed E-state index contributed by atoms with van der Waals surface area (Å²) in [6.45, 7) is 3.74. The molecule has 1 aromatic carbocycles. The molecule has 2 bridgehead atoms. The van der Waals surface area contributed by atoms with Crippen LogP contribution in [0, 0.1) is 5.92 Å². The Morgan fingerprint density at radius 3 is 2.70 bits per heavy atom. The Balaban J connectivity index is 1.36. The van der Waals surface area contributed by atoms with Crippen LogP contribution in [0.1, 0.15) is 30.5 Å². The highest BCUT2D eigenvalue weighted by Gasteiger charge is 2.36. The van der Waals surface area contributed by atoms with E-state index in [1.54, 1.807) is 12.1 Å². The Hall–Kier alpha value is -2.40. The number of rotatable bonds is 5. The minimum Gasteiger partial charge on any atom is -0.508 e. The minimum absolute atomic E-state index is 0.262. The van der Waals surface area contributed by atoms with Gasteiger partial charge in [-0.05, 0) is 55.0 Å². The topological polar surface area (TPSA) is 56.7 Å². The Morgan fingerprint density at radius 1 is 1.07 bits per heavy atom. The molecule has 27 heavy (non-hydrogen) atoms. The average Bonchev–Trinajstić information content (AvgIpc) is 2.99. The van der Waals surface area contributed by atoms with E-state index in [0.717, 1.165) is 50.3 Å². The molecule has 2 aromatic rings. The summed E-state index contributed by atoms with van der Waals surface area (Å²) < 4.78 is 0. The Morgan fingerprint density at radius 2 is 1.93 bits per heavy atom. The van der Waals surface area contributed by atoms with Crippen molar-refractivity contribution in [1.29, 1.82) is 0 Å². The van der Waals surface area contributed by atoms with Crippen LogP contribution in [0.5, 0.6) is 5.75 Å². The quantitative estimate of drug-likeness (QED) is 0.885. The highest BCUT2D eigenvalue weighted by molar-refractivity contribution is 5.77. The van der Waals surface area contributed by atoms with Crippen molar-refractivity contribution in [2.75, 3.05) is 19.6 Å². The van der Waals surface area contributed by atoms with Crippen LogP contribution < -0.4 is 0 Å². The van der Waals surface area contributed by atoms with E-state index in [-0.39, 0.29) is 11.7 Å². The zero-order valence-electron chi connectivity index (χ0n) is 15.6. The number of hydrogen-bond acceptors (Lipinski definition) is 4. The van der Waals surface area contributed by atoms with Crippen LogP contribution in [0.4, 0.5) is 0 Å². The van der Waals surface area contributed by atoms with E-state index in [4.69, 9.17) is 0 Å². The normalized spacial score (nSPS) is 22.6. The van der Waals surface area contributed by atoms with Crippen LogP contribution in [-0.4, -0.2) is 51.5 Å². The Bertz CT molecular complexity index is 763. The van der Waals surface area contributed by atoms with E-state index < -0.39 is 0 Å². The van der Waals surface area contributed by atoms with Gasteiger partial charge < -0.3 is 10.0 Å². The second-order valence-corrected chi connectivity index (χ2v) is 7.82. The first kappa shape index (κ1) is 18.0. The number of aryl methyl sites for hydroxylation is 1. The number of phenolic OH excluding ortho intramolecular Hbond substituents is 1. The van der Waals surface area contributed by atoms with Crippen molar-refractivity contribution in [2.45, 2.75) is 38.3 Å². The fourth-order valence-corrected chi connectivity index (χ4v) is 4.39. The third-order valence-electron chi connectivity index (χ3n) is 5.79. The van der Waals surface area contributed by atoms with E-state index in [2.05, 4.69) is 20.9 Å². The molecule has 1 N–H and O–H groups in total. The second-order valence-electron chi connectivity index (χ2n) is 7.82. The van der Waals surface area contributed by atoms with Crippen molar-refractivity contribution in [3.8, 4) is 5.75 Å². The zero-order valence-corrected chi connectivity index (χ0v) is 15.6. The molecule has 0 spiro atoms. The van der Waals surface area contributed by atoms with Gasteiger partial charge >= 0.3 is 0 Å². The van der Waals surface area contributed by atoms with Crippen LogP contribution in [0.2, 0.25) is 0 Å². The molecule has 3 saturated heterocycles. The Labute approximate surface area is 160 Å². The van der Waals surface area contributed by atoms with Crippen LogP contribution in [-0.2, 0) is 17.8 Å². The monoisotopic (exact) mass is 365 g/mol. The highest BCUT2D eigenvalue weighted by Crippen LogP contribution is 2.29. The molecule has 3 fully saturated rings. The summed E-state index contributed by atoms with van der Waals surface area (Å²) in [5, 5.41) is 9.39. The molecular formula is C22H27N3O2. The maximum atomic E-state index is 12.9. The van der Waals surface area contributed by atoms with Gasteiger partial charge in [0.25, 0.3) is 0 Å². The van der Waals surface area contributed by atoms with E-state index in [0.29, 0.717) is 18.4 Å². The number of fused-ring (bicyclic) bond motifs is 4. The average molecular weight is 365 g/mol. The molecule has 3 aliphatic heterocycles. The fraction of sp³-hybridized carbons (Fsp3) is 0.455. The number of nitrogens with zero attached hydrogens (tertiary/aromatic N) is 3. The molecule has 5 nitrogen and oxygen atoms in total. The number of phenols is 1. The third kappa shape index (κ3) is 4.48. The second kappa shape index (κ2) is 8.09. The van der Waals surface area contributed by atoms with Crippen LogP contribution in [0.3, 0.4) is 0 Å². The minimum atomic E-state index is 0.262. The van der Waals surface area contributed by atoms with E-state index in [9.17, 15) is 9.90 Å². The summed E-state index contributed by atoms with van der Waals surface area (Å²) >= 11 is 0. The van der Waals surface area contributed by atoms with Gasteiger partial charge in [-0.2, -0.15) is 0 Å². The maximum absolute atomic E-state index is 12.9. The smallest absolute Gasteiger partial charge is 0.223 e. The number of benzene rings is 1. The number of hydrogen-bond donors (Lipinski definition) is 1. The van der Waals surface area contributed by atoms with Crippen molar-refractivity contribution in [2.24, 2.45) is 5.92 Å². The standard InChI is InChI=1S/C22H27N3O2/c26-21-9-5-17(6-10-21)7-11-22(27)25-14-18-4-8-20(25)16-24(13-18)15-19-3-1-2-12-23-19/h1-3,5-6,9-10,12,18,20,26H,4,7-8,11,13-16H2/t18-,20+/m0/s1. The molecule has 2 atom stereocenters. The lowest BCUT2D eigenvalue weighted by molar-refractivity contribution is -0.135. The number of carbonyl (C=O) groups excluding carboxylic acids is 1. The van der Waals surface area contributed by atoms with Gasteiger partial charge in [-0.3, -0.25) is 14.7 Å². The van der Waals surface area contributed by atoms with Crippen molar-refractivity contribution in [3.05, 3.63) is 59.9 Å². The predicted octanol–water partition coefficient (Wildman–Crippen LogP) is 2.84. The number of aromatic hydroxyl groups is 1. The Kier molecular flexibility index (Phi) is 5.39. The van der Waals surface area contributed by atoms with Crippen molar-refractivity contribution in [1.82, 2.24) is 14.8 Å². The number of carbonyl (C=O) groups is 1. The molecule has 5 rings (SSSR count). The van der Waals surface area contributed by atoms with E-state index in [1.807, 2.05) is 30.5 Å². The van der Waals surface area contributed by atoms with Gasteiger partial charge in [-0.1, -0.05) is 18.2 Å². The first-order valence-electron chi connectivity index (χ1n) is 9.87. The lowest BCUT2D eigenvalue weighted by Gasteiger charge is -2.36. The molecule has 3 aliphatic rings. The molecule has 0 aliphatic carbocycles. The number of pyridine rings is 1. The molecule has 142 valence electrons. The first-order chi connectivity index (χ1) is 13.2. The highest BCUT2D eigenvalue weighted by atomic mass is 16.3. The van der Waals surface area contributed by atoms with Gasteiger partial charge in [0, 0.05) is 44.8 Å². The molecule has 5 heteroatoms. The summed E-state index contributed by atoms with van der Waals surface area (Å²) in [4.78, 5) is 22.0. The molecular weight excluding hydrogens is 338 g/mol. The number of amides is 1. The van der Waals surface area contributed by atoms with E-state index >= 15 is 0 Å². The maximum Gasteiger partial charge on any atom is 0.223 e. The molecule has 1 amide bonds. The predicted molar refractivity (Wildman–Crippen MR) is 104 cm³/mol. The first-order valence-corrected chi connectivity index (χ1v) is 9.87. The number of piperidine rings is 1. The molecule has 4 heterocycles. The van der Waals surface area contributed by atoms with Gasteiger partial charge in [0.05, 0.1) is 5.69 Å². The van der Waals surface area contributed by atoms with Crippen molar-refractivity contribution >= 4 is 5.91 Å². The summed E-state index contributed by atoms with van der Waals surface area (Å²) in [5.74, 6) is 1.09. The van der Waals surface area contributed by atoms with Crippen LogP contribution in [0.25, 0.3) is 0 Å². The summed E-state index contributed by atoms with van der Waals surface area (Å²) in [5.41, 5.74) is 2.20. The van der Waals surface area contributed by atoms with Gasteiger partial charge in [0.1, 0.15) is 5.75 Å². The lowest BCUT2D eigenvalue weighted by Crippen LogP contribution is -2.47. The number of aromatic nitrogens is 1. The van der Waals surface area contributed by atoms with Crippen LogP contribution in [0.15, 0.2) is 48.7 Å². The van der Waals surface area contributed by atoms with E-state index in [1.165, 1.54) is 6.42 Å². The van der Waals surface area contributed by atoms with Gasteiger partial charge in [-0.15, -0.1) is 0 Å².